The van der Waals surface area contributed by atoms with E-state index < -0.39 is 0 Å². The minimum absolute atomic E-state index is 0.290. The summed E-state index contributed by atoms with van der Waals surface area (Å²) in [4.78, 5) is 0. The third kappa shape index (κ3) is 2.71. The van der Waals surface area contributed by atoms with Crippen molar-refractivity contribution >= 4 is 15.9 Å². The van der Waals surface area contributed by atoms with Gasteiger partial charge in [-0.25, -0.2) is 0 Å². The first-order valence-corrected chi connectivity index (χ1v) is 7.59. The van der Waals surface area contributed by atoms with Crippen molar-refractivity contribution in [3.63, 3.8) is 0 Å². The van der Waals surface area contributed by atoms with Crippen LogP contribution < -0.4 is 10.1 Å². The Morgan fingerprint density at radius 2 is 2.40 bits per heavy atom. The molecule has 1 atom stereocenters. The van der Waals surface area contributed by atoms with Gasteiger partial charge in [-0.2, -0.15) is 0 Å². The minimum Gasteiger partial charge on any atom is -0.493 e. The van der Waals surface area contributed by atoms with E-state index in [-0.39, 0.29) is 0 Å². The molecule has 1 aliphatic heterocycles. The van der Waals surface area contributed by atoms with Gasteiger partial charge in [-0.05, 0) is 25.1 Å². The number of ether oxygens (including phenoxy) is 1. The van der Waals surface area contributed by atoms with Crippen molar-refractivity contribution in [1.82, 2.24) is 20.1 Å². The Morgan fingerprint density at radius 3 is 3.25 bits per heavy atom. The first-order chi connectivity index (χ1) is 9.78. The van der Waals surface area contributed by atoms with Crippen LogP contribution in [0.4, 0.5) is 0 Å². The number of rotatable bonds is 4. The SMILES string of the molecule is CCn1cnnc1CNC1CCOc2ccc(Br)cc21. The average Bonchev–Trinajstić information content (AvgIpc) is 2.92. The fraction of sp³-hybridized carbons (Fsp3) is 0.429. The van der Waals surface area contributed by atoms with E-state index in [2.05, 4.69) is 44.4 Å². The van der Waals surface area contributed by atoms with Crippen molar-refractivity contribution in [3.8, 4) is 5.75 Å². The summed E-state index contributed by atoms with van der Waals surface area (Å²) >= 11 is 3.52. The Hall–Kier alpha value is -1.40. The highest BCUT2D eigenvalue weighted by Crippen LogP contribution is 2.34. The van der Waals surface area contributed by atoms with E-state index in [1.165, 1.54) is 5.56 Å². The van der Waals surface area contributed by atoms with Gasteiger partial charge in [-0.15, -0.1) is 10.2 Å². The molecule has 6 heteroatoms. The molecular weight excluding hydrogens is 320 g/mol. The molecule has 2 heterocycles. The molecule has 1 aliphatic rings. The lowest BCUT2D eigenvalue weighted by molar-refractivity contribution is 0.251. The maximum Gasteiger partial charge on any atom is 0.146 e. The molecular formula is C14H17BrN4O. The Bertz CT molecular complexity index is 599. The zero-order chi connectivity index (χ0) is 13.9. The molecule has 0 radical (unpaired) electrons. The zero-order valence-electron chi connectivity index (χ0n) is 11.3. The average molecular weight is 337 g/mol. The lowest BCUT2D eigenvalue weighted by Crippen LogP contribution is -2.27. The van der Waals surface area contributed by atoms with Gasteiger partial charge in [0.25, 0.3) is 0 Å². The standard InChI is InChI=1S/C14H17BrN4O/c1-2-19-9-17-18-14(19)8-16-12-5-6-20-13-4-3-10(15)7-11(12)13/h3-4,7,9,12,16H,2,5-6,8H2,1H3. The van der Waals surface area contributed by atoms with Crippen molar-refractivity contribution in [1.29, 1.82) is 0 Å². The zero-order valence-corrected chi connectivity index (χ0v) is 12.9. The second-order valence-corrected chi connectivity index (χ2v) is 5.70. The first kappa shape index (κ1) is 13.6. The maximum absolute atomic E-state index is 5.70. The van der Waals surface area contributed by atoms with Crippen LogP contribution in [-0.4, -0.2) is 21.4 Å². The van der Waals surface area contributed by atoms with Crippen LogP contribution in [0.3, 0.4) is 0 Å². The molecule has 0 bridgehead atoms. The number of halogens is 1. The summed E-state index contributed by atoms with van der Waals surface area (Å²) in [6.45, 7) is 4.44. The summed E-state index contributed by atoms with van der Waals surface area (Å²) in [5.41, 5.74) is 1.20. The van der Waals surface area contributed by atoms with E-state index in [4.69, 9.17) is 4.74 Å². The fourth-order valence-electron chi connectivity index (χ4n) is 2.47. The molecule has 3 rings (SSSR count). The van der Waals surface area contributed by atoms with Gasteiger partial charge in [0.2, 0.25) is 0 Å². The Morgan fingerprint density at radius 1 is 1.50 bits per heavy atom. The second kappa shape index (κ2) is 5.93. The minimum atomic E-state index is 0.290. The molecule has 0 spiro atoms. The van der Waals surface area contributed by atoms with Crippen molar-refractivity contribution < 1.29 is 4.74 Å². The van der Waals surface area contributed by atoms with E-state index in [1.807, 2.05) is 16.7 Å². The Balaban J connectivity index is 1.75. The van der Waals surface area contributed by atoms with Crippen molar-refractivity contribution in [2.24, 2.45) is 0 Å². The lowest BCUT2D eigenvalue weighted by atomic mass is 10.0. The number of benzene rings is 1. The Kier molecular flexibility index (Phi) is 4.03. The van der Waals surface area contributed by atoms with Crippen molar-refractivity contribution in [2.75, 3.05) is 6.61 Å². The molecule has 0 aliphatic carbocycles. The molecule has 0 amide bonds. The summed E-state index contributed by atoms with van der Waals surface area (Å²) < 4.78 is 8.82. The van der Waals surface area contributed by atoms with Crippen LogP contribution in [0, 0.1) is 0 Å². The summed E-state index contributed by atoms with van der Waals surface area (Å²) in [5, 5.41) is 11.7. The predicted octanol–water partition coefficient (Wildman–Crippen LogP) is 2.67. The molecule has 1 aromatic carbocycles. The predicted molar refractivity (Wildman–Crippen MR) is 79.5 cm³/mol. The molecule has 2 aromatic rings. The molecule has 20 heavy (non-hydrogen) atoms. The van der Waals surface area contributed by atoms with Gasteiger partial charge >= 0.3 is 0 Å². The number of nitrogens with zero attached hydrogens (tertiary/aromatic N) is 3. The monoisotopic (exact) mass is 336 g/mol. The van der Waals surface area contributed by atoms with Crippen molar-refractivity contribution in [2.45, 2.75) is 32.5 Å². The van der Waals surface area contributed by atoms with Gasteiger partial charge in [-0.3, -0.25) is 0 Å². The number of aryl methyl sites for hydroxylation is 1. The van der Waals surface area contributed by atoms with Gasteiger partial charge in [0.05, 0.1) is 13.2 Å². The number of aromatic nitrogens is 3. The highest BCUT2D eigenvalue weighted by Gasteiger charge is 2.21. The molecule has 5 nitrogen and oxygen atoms in total. The number of nitrogens with one attached hydrogen (secondary N) is 1. The molecule has 0 fully saturated rings. The van der Waals surface area contributed by atoms with Gasteiger partial charge in [-0.1, -0.05) is 15.9 Å². The van der Waals surface area contributed by atoms with Crippen LogP contribution >= 0.6 is 15.9 Å². The van der Waals surface area contributed by atoms with E-state index >= 15 is 0 Å². The van der Waals surface area contributed by atoms with Crippen LogP contribution in [0.5, 0.6) is 5.75 Å². The molecule has 1 aromatic heterocycles. The smallest absolute Gasteiger partial charge is 0.146 e. The van der Waals surface area contributed by atoms with Crippen LogP contribution in [-0.2, 0) is 13.1 Å². The van der Waals surface area contributed by atoms with E-state index in [0.29, 0.717) is 12.6 Å². The van der Waals surface area contributed by atoms with Gasteiger partial charge < -0.3 is 14.6 Å². The molecule has 0 saturated carbocycles. The lowest BCUT2D eigenvalue weighted by Gasteiger charge is -2.27. The van der Waals surface area contributed by atoms with E-state index in [9.17, 15) is 0 Å². The summed E-state index contributed by atoms with van der Waals surface area (Å²) in [6.07, 6.45) is 2.73. The van der Waals surface area contributed by atoms with E-state index in [1.54, 1.807) is 6.33 Å². The van der Waals surface area contributed by atoms with Gasteiger partial charge in [0, 0.05) is 29.0 Å². The van der Waals surface area contributed by atoms with Crippen LogP contribution in [0.25, 0.3) is 0 Å². The number of hydrogen-bond acceptors (Lipinski definition) is 4. The van der Waals surface area contributed by atoms with Gasteiger partial charge in [0.15, 0.2) is 0 Å². The third-order valence-corrected chi connectivity index (χ3v) is 4.05. The third-order valence-electron chi connectivity index (χ3n) is 3.55. The largest absolute Gasteiger partial charge is 0.493 e. The summed E-state index contributed by atoms with van der Waals surface area (Å²) in [5.74, 6) is 1.93. The second-order valence-electron chi connectivity index (χ2n) is 4.79. The fourth-order valence-corrected chi connectivity index (χ4v) is 2.85. The first-order valence-electron chi connectivity index (χ1n) is 6.80. The molecule has 1 N–H and O–H groups in total. The highest BCUT2D eigenvalue weighted by molar-refractivity contribution is 9.10. The quantitative estimate of drug-likeness (QED) is 0.932. The Labute approximate surface area is 126 Å². The van der Waals surface area contributed by atoms with Crippen LogP contribution in [0.2, 0.25) is 0 Å². The topological polar surface area (TPSA) is 52.0 Å². The highest BCUT2D eigenvalue weighted by atomic mass is 79.9. The van der Waals surface area contributed by atoms with Crippen molar-refractivity contribution in [3.05, 3.63) is 40.4 Å². The number of hydrogen-bond donors (Lipinski definition) is 1. The van der Waals surface area contributed by atoms with Crippen LogP contribution in [0.15, 0.2) is 29.0 Å². The normalized spacial score (nSPS) is 17.6. The molecule has 106 valence electrons. The maximum atomic E-state index is 5.70. The summed E-state index contributed by atoms with van der Waals surface area (Å²) in [6, 6.07) is 6.44. The number of fused-ring (bicyclic) bond motifs is 1. The van der Waals surface area contributed by atoms with Gasteiger partial charge in [0.1, 0.15) is 17.9 Å². The summed E-state index contributed by atoms with van der Waals surface area (Å²) in [7, 11) is 0. The van der Waals surface area contributed by atoms with E-state index in [0.717, 1.165) is 35.6 Å². The van der Waals surface area contributed by atoms with Crippen LogP contribution in [0.1, 0.15) is 30.8 Å². The molecule has 1 unspecified atom stereocenters. The molecule has 0 saturated heterocycles.